The molecule has 1 amide bonds. The first-order chi connectivity index (χ1) is 7.39. The van der Waals surface area contributed by atoms with Gasteiger partial charge in [0, 0.05) is 17.2 Å². The summed E-state index contributed by atoms with van der Waals surface area (Å²) in [6.45, 7) is 4.06. The number of nitrogens with zero attached hydrogens (tertiary/aromatic N) is 1. The van der Waals surface area contributed by atoms with Gasteiger partial charge < -0.3 is 15.7 Å². The van der Waals surface area contributed by atoms with Gasteiger partial charge in [-0.2, -0.15) is 0 Å². The van der Waals surface area contributed by atoms with Crippen molar-refractivity contribution in [3.63, 3.8) is 0 Å². The molecule has 5 nitrogen and oxygen atoms in total. The smallest absolute Gasteiger partial charge is 0.405 e. The molecule has 0 aliphatic heterocycles. The van der Waals surface area contributed by atoms with Crippen LogP contribution in [-0.2, 0) is 0 Å². The Morgan fingerprint density at radius 1 is 1.56 bits per heavy atom. The zero-order valence-electron chi connectivity index (χ0n) is 9.12. The summed E-state index contributed by atoms with van der Waals surface area (Å²) in [7, 11) is 0. The van der Waals surface area contributed by atoms with Crippen molar-refractivity contribution >= 4 is 27.8 Å². The van der Waals surface area contributed by atoms with Crippen LogP contribution in [-0.4, -0.2) is 28.3 Å². The van der Waals surface area contributed by atoms with Crippen LogP contribution in [0.5, 0.6) is 0 Å². The highest BCUT2D eigenvalue weighted by atomic mass is 79.9. The van der Waals surface area contributed by atoms with Crippen molar-refractivity contribution in [1.29, 1.82) is 0 Å². The maximum absolute atomic E-state index is 10.5. The largest absolute Gasteiger partial charge is 0.465 e. The minimum Gasteiger partial charge on any atom is -0.465 e. The van der Waals surface area contributed by atoms with Crippen LogP contribution in [0.1, 0.15) is 13.8 Å². The van der Waals surface area contributed by atoms with Crippen LogP contribution < -0.4 is 10.6 Å². The summed E-state index contributed by atoms with van der Waals surface area (Å²) < 4.78 is 0.904. The van der Waals surface area contributed by atoms with Crippen molar-refractivity contribution in [2.75, 3.05) is 11.9 Å². The fraction of sp³-hybridized carbons (Fsp3) is 0.400. The number of amides is 1. The van der Waals surface area contributed by atoms with E-state index in [1.165, 1.54) is 0 Å². The Hall–Kier alpha value is -1.30. The highest BCUT2D eigenvalue weighted by Gasteiger charge is 2.19. The summed E-state index contributed by atoms with van der Waals surface area (Å²) in [5.74, 6) is 0.712. The van der Waals surface area contributed by atoms with Crippen molar-refractivity contribution in [2.24, 2.45) is 0 Å². The van der Waals surface area contributed by atoms with Gasteiger partial charge in [-0.15, -0.1) is 0 Å². The van der Waals surface area contributed by atoms with Crippen LogP contribution in [0.2, 0.25) is 0 Å². The highest BCUT2D eigenvalue weighted by molar-refractivity contribution is 9.10. The Morgan fingerprint density at radius 2 is 2.25 bits per heavy atom. The van der Waals surface area contributed by atoms with E-state index in [1.807, 2.05) is 12.1 Å². The van der Waals surface area contributed by atoms with Gasteiger partial charge in [0.15, 0.2) is 0 Å². The van der Waals surface area contributed by atoms with E-state index in [1.54, 1.807) is 20.0 Å². The molecule has 0 radical (unpaired) electrons. The molecular formula is C10H14BrN3O2. The molecule has 0 spiro atoms. The number of carbonyl (C=O) groups is 1. The molecule has 0 aromatic carbocycles. The summed E-state index contributed by atoms with van der Waals surface area (Å²) in [4.78, 5) is 14.6. The molecule has 0 atom stereocenters. The van der Waals surface area contributed by atoms with Gasteiger partial charge in [-0.05, 0) is 41.9 Å². The summed E-state index contributed by atoms with van der Waals surface area (Å²) in [5, 5.41) is 14.1. The number of carboxylic acid groups (broad SMARTS) is 1. The molecule has 0 bridgehead atoms. The van der Waals surface area contributed by atoms with Crippen LogP contribution >= 0.6 is 15.9 Å². The fourth-order valence-corrected chi connectivity index (χ4v) is 1.36. The quantitative estimate of drug-likeness (QED) is 0.794. The topological polar surface area (TPSA) is 74.2 Å². The summed E-state index contributed by atoms with van der Waals surface area (Å²) in [6, 6.07) is 3.69. The lowest BCUT2D eigenvalue weighted by atomic mass is 10.1. The summed E-state index contributed by atoms with van der Waals surface area (Å²) in [6.07, 6.45) is 0.649. The zero-order chi connectivity index (χ0) is 12.2. The number of hydrogen-bond donors (Lipinski definition) is 3. The molecule has 0 unspecified atom stereocenters. The SMILES string of the molecule is CC(C)(CNc1ccc(Br)cn1)NC(=O)O. The molecule has 0 aliphatic carbocycles. The number of aromatic nitrogens is 1. The lowest BCUT2D eigenvalue weighted by Crippen LogP contribution is -2.47. The first kappa shape index (κ1) is 12.8. The highest BCUT2D eigenvalue weighted by Crippen LogP contribution is 2.11. The molecule has 0 saturated heterocycles. The normalized spacial score (nSPS) is 10.9. The van der Waals surface area contributed by atoms with Gasteiger partial charge in [-0.25, -0.2) is 9.78 Å². The molecule has 0 fully saturated rings. The predicted octanol–water partition coefficient (Wildman–Crippen LogP) is 2.30. The van der Waals surface area contributed by atoms with Crippen molar-refractivity contribution < 1.29 is 9.90 Å². The molecule has 88 valence electrons. The van der Waals surface area contributed by atoms with E-state index >= 15 is 0 Å². The third kappa shape index (κ3) is 4.48. The average Bonchev–Trinajstić information content (AvgIpc) is 2.15. The molecule has 16 heavy (non-hydrogen) atoms. The Morgan fingerprint density at radius 3 is 2.75 bits per heavy atom. The molecule has 1 aromatic heterocycles. The lowest BCUT2D eigenvalue weighted by Gasteiger charge is -2.25. The van der Waals surface area contributed by atoms with Crippen molar-refractivity contribution in [2.45, 2.75) is 19.4 Å². The average molecular weight is 288 g/mol. The van der Waals surface area contributed by atoms with E-state index in [-0.39, 0.29) is 0 Å². The van der Waals surface area contributed by atoms with Crippen LogP contribution in [0, 0.1) is 0 Å². The standard InChI is InChI=1S/C10H14BrN3O2/c1-10(2,14-9(15)16)6-13-8-4-3-7(11)5-12-8/h3-5,14H,6H2,1-2H3,(H,12,13)(H,15,16). The van der Waals surface area contributed by atoms with Crippen LogP contribution in [0.25, 0.3) is 0 Å². The molecule has 1 heterocycles. The maximum atomic E-state index is 10.5. The van der Waals surface area contributed by atoms with Gasteiger partial charge in [0.1, 0.15) is 5.82 Å². The molecule has 3 N–H and O–H groups in total. The second-order valence-electron chi connectivity index (χ2n) is 4.03. The first-order valence-electron chi connectivity index (χ1n) is 4.75. The summed E-state index contributed by atoms with van der Waals surface area (Å²) in [5.41, 5.74) is -0.541. The number of pyridine rings is 1. The maximum Gasteiger partial charge on any atom is 0.405 e. The van der Waals surface area contributed by atoms with Crippen molar-refractivity contribution in [3.8, 4) is 0 Å². The van der Waals surface area contributed by atoms with Crippen LogP contribution in [0.4, 0.5) is 10.6 Å². The third-order valence-corrected chi connectivity index (χ3v) is 2.35. The number of anilines is 1. The van der Waals surface area contributed by atoms with Crippen LogP contribution in [0.15, 0.2) is 22.8 Å². The van der Waals surface area contributed by atoms with Gasteiger partial charge in [-0.1, -0.05) is 0 Å². The monoisotopic (exact) mass is 287 g/mol. The Balaban J connectivity index is 2.50. The minimum absolute atomic E-state index is 0.466. The molecule has 6 heteroatoms. The molecule has 0 aliphatic rings. The van der Waals surface area contributed by atoms with E-state index in [0.717, 1.165) is 4.47 Å². The number of halogens is 1. The van der Waals surface area contributed by atoms with E-state index in [0.29, 0.717) is 12.4 Å². The third-order valence-electron chi connectivity index (χ3n) is 1.88. The Kier molecular flexibility index (Phi) is 4.12. The van der Waals surface area contributed by atoms with Gasteiger partial charge in [0.2, 0.25) is 0 Å². The van der Waals surface area contributed by atoms with Gasteiger partial charge in [0.25, 0.3) is 0 Å². The fourth-order valence-electron chi connectivity index (χ4n) is 1.13. The zero-order valence-corrected chi connectivity index (χ0v) is 10.7. The molecule has 1 rings (SSSR count). The molecule has 1 aromatic rings. The van der Waals surface area contributed by atoms with Gasteiger partial charge >= 0.3 is 6.09 Å². The first-order valence-corrected chi connectivity index (χ1v) is 5.55. The second kappa shape index (κ2) is 5.16. The van der Waals surface area contributed by atoms with Crippen LogP contribution in [0.3, 0.4) is 0 Å². The summed E-state index contributed by atoms with van der Waals surface area (Å²) >= 11 is 3.29. The Labute approximate surface area is 102 Å². The minimum atomic E-state index is -1.03. The second-order valence-corrected chi connectivity index (χ2v) is 4.94. The van der Waals surface area contributed by atoms with Gasteiger partial charge in [-0.3, -0.25) is 0 Å². The van der Waals surface area contributed by atoms with E-state index in [4.69, 9.17) is 5.11 Å². The number of rotatable bonds is 4. The Bertz CT molecular complexity index is 365. The van der Waals surface area contributed by atoms with E-state index in [9.17, 15) is 4.79 Å². The van der Waals surface area contributed by atoms with E-state index < -0.39 is 11.6 Å². The van der Waals surface area contributed by atoms with Crippen molar-refractivity contribution in [1.82, 2.24) is 10.3 Å². The number of nitrogens with one attached hydrogen (secondary N) is 2. The molecule has 0 saturated carbocycles. The van der Waals surface area contributed by atoms with E-state index in [2.05, 4.69) is 31.5 Å². The lowest BCUT2D eigenvalue weighted by molar-refractivity contribution is 0.183. The number of hydrogen-bond acceptors (Lipinski definition) is 3. The predicted molar refractivity (Wildman–Crippen MR) is 65.7 cm³/mol. The molecular weight excluding hydrogens is 274 g/mol. The van der Waals surface area contributed by atoms with Gasteiger partial charge in [0.05, 0.1) is 5.54 Å². The van der Waals surface area contributed by atoms with Crippen molar-refractivity contribution in [3.05, 3.63) is 22.8 Å².